The van der Waals surface area contributed by atoms with Gasteiger partial charge >= 0.3 is 0 Å². The average Bonchev–Trinajstić information content (AvgIpc) is 2.63. The summed E-state index contributed by atoms with van der Waals surface area (Å²) < 4.78 is 6.91. The van der Waals surface area contributed by atoms with Crippen molar-refractivity contribution in [1.82, 2.24) is 19.8 Å². The molecule has 0 spiro atoms. The van der Waals surface area contributed by atoms with Crippen LogP contribution in [-0.2, 0) is 11.3 Å². The normalized spacial score (nSPS) is 16.3. The third-order valence-electron chi connectivity index (χ3n) is 5.08. The molecule has 2 aromatic rings. The number of nitrogens with one attached hydrogen (secondary N) is 1. The van der Waals surface area contributed by atoms with E-state index in [-0.39, 0.29) is 17.0 Å². The molecule has 1 fully saturated rings. The fourth-order valence-corrected chi connectivity index (χ4v) is 3.66. The maximum Gasteiger partial charge on any atom is 0.261 e. The van der Waals surface area contributed by atoms with E-state index < -0.39 is 0 Å². The standard InChI is InChI=1S/C21H30N4O3/c1-21(2,3)23-19(26)13-24-9-7-15(8-10-24)12-25-14-22-18-11-16(28-4)5-6-17(18)20(25)27/h5-6,11,14-15H,7-10,12-13H2,1-4H3,(H,23,26). The number of ether oxygens (including phenoxy) is 1. The molecular weight excluding hydrogens is 356 g/mol. The van der Waals surface area contributed by atoms with Crippen LogP contribution in [0.25, 0.3) is 10.9 Å². The smallest absolute Gasteiger partial charge is 0.261 e. The van der Waals surface area contributed by atoms with E-state index in [1.54, 1.807) is 36.2 Å². The Bertz CT molecular complexity index is 893. The molecule has 1 aromatic carbocycles. The van der Waals surface area contributed by atoms with Crippen LogP contribution in [0.2, 0.25) is 0 Å². The van der Waals surface area contributed by atoms with Crippen LogP contribution in [0.3, 0.4) is 0 Å². The van der Waals surface area contributed by atoms with E-state index in [0.717, 1.165) is 25.9 Å². The molecule has 7 heteroatoms. The molecule has 2 heterocycles. The lowest BCUT2D eigenvalue weighted by Crippen LogP contribution is -2.47. The Balaban J connectivity index is 1.58. The number of amides is 1. The number of carbonyl (C=O) groups is 1. The summed E-state index contributed by atoms with van der Waals surface area (Å²) in [5, 5.41) is 3.62. The molecule has 0 aliphatic carbocycles. The number of aromatic nitrogens is 2. The van der Waals surface area contributed by atoms with Gasteiger partial charge in [0.05, 0.1) is 30.9 Å². The highest BCUT2D eigenvalue weighted by molar-refractivity contribution is 5.79. The van der Waals surface area contributed by atoms with E-state index in [1.165, 1.54) is 0 Å². The van der Waals surface area contributed by atoms with Crippen molar-refractivity contribution >= 4 is 16.8 Å². The number of hydrogen-bond acceptors (Lipinski definition) is 5. The third kappa shape index (κ3) is 5.10. The molecule has 0 unspecified atom stereocenters. The molecule has 0 radical (unpaired) electrons. The van der Waals surface area contributed by atoms with Crippen LogP contribution < -0.4 is 15.6 Å². The minimum atomic E-state index is -0.205. The van der Waals surface area contributed by atoms with Crippen molar-refractivity contribution in [1.29, 1.82) is 0 Å². The highest BCUT2D eigenvalue weighted by atomic mass is 16.5. The second kappa shape index (κ2) is 8.31. The van der Waals surface area contributed by atoms with Crippen LogP contribution in [-0.4, -0.2) is 52.6 Å². The molecule has 1 amide bonds. The zero-order valence-electron chi connectivity index (χ0n) is 17.2. The first kappa shape index (κ1) is 20.3. The first-order chi connectivity index (χ1) is 13.2. The molecule has 0 atom stereocenters. The van der Waals surface area contributed by atoms with Crippen molar-refractivity contribution in [2.75, 3.05) is 26.7 Å². The number of carbonyl (C=O) groups excluding carboxylic acids is 1. The van der Waals surface area contributed by atoms with Crippen molar-refractivity contribution < 1.29 is 9.53 Å². The Morgan fingerprint density at radius 1 is 1.29 bits per heavy atom. The molecule has 1 aliphatic rings. The molecule has 0 bridgehead atoms. The summed E-state index contributed by atoms with van der Waals surface area (Å²) in [6.45, 7) is 8.80. The molecule has 1 N–H and O–H groups in total. The van der Waals surface area contributed by atoms with E-state index in [9.17, 15) is 9.59 Å². The summed E-state index contributed by atoms with van der Waals surface area (Å²) in [5.74, 6) is 1.17. The number of piperidine rings is 1. The van der Waals surface area contributed by atoms with E-state index in [4.69, 9.17) is 4.74 Å². The second-order valence-electron chi connectivity index (χ2n) is 8.60. The SMILES string of the molecule is COc1ccc2c(=O)n(CC3CCN(CC(=O)NC(C)(C)C)CC3)cnc2c1. The van der Waals surface area contributed by atoms with Gasteiger partial charge in [-0.3, -0.25) is 19.1 Å². The predicted molar refractivity (Wildman–Crippen MR) is 110 cm³/mol. The van der Waals surface area contributed by atoms with Gasteiger partial charge in [0.2, 0.25) is 5.91 Å². The summed E-state index contributed by atoms with van der Waals surface area (Å²) >= 11 is 0. The largest absolute Gasteiger partial charge is 0.497 e. The highest BCUT2D eigenvalue weighted by Gasteiger charge is 2.23. The monoisotopic (exact) mass is 386 g/mol. The minimum Gasteiger partial charge on any atom is -0.497 e. The Morgan fingerprint density at radius 3 is 2.64 bits per heavy atom. The summed E-state index contributed by atoms with van der Waals surface area (Å²) in [6, 6.07) is 5.34. The number of rotatable bonds is 5. The molecule has 3 rings (SSSR count). The fourth-order valence-electron chi connectivity index (χ4n) is 3.66. The number of nitrogens with zero attached hydrogens (tertiary/aromatic N) is 3. The number of hydrogen-bond donors (Lipinski definition) is 1. The predicted octanol–water partition coefficient (Wildman–Crippen LogP) is 2.03. The van der Waals surface area contributed by atoms with Crippen molar-refractivity contribution in [3.05, 3.63) is 34.9 Å². The Hall–Kier alpha value is -2.41. The van der Waals surface area contributed by atoms with Crippen LogP contribution >= 0.6 is 0 Å². The van der Waals surface area contributed by atoms with Crippen LogP contribution in [0.4, 0.5) is 0 Å². The van der Waals surface area contributed by atoms with Gasteiger partial charge in [-0.05, 0) is 64.8 Å². The van der Waals surface area contributed by atoms with Crippen molar-refractivity contribution in [3.63, 3.8) is 0 Å². The lowest BCUT2D eigenvalue weighted by atomic mass is 9.96. The third-order valence-corrected chi connectivity index (χ3v) is 5.08. The van der Waals surface area contributed by atoms with Gasteiger partial charge in [-0.1, -0.05) is 0 Å². The zero-order valence-corrected chi connectivity index (χ0v) is 17.2. The fraction of sp³-hybridized carbons (Fsp3) is 0.571. The quantitative estimate of drug-likeness (QED) is 0.851. The van der Waals surface area contributed by atoms with Crippen molar-refractivity contribution in [3.8, 4) is 5.75 Å². The summed E-state index contributed by atoms with van der Waals surface area (Å²) in [5.41, 5.74) is 0.434. The van der Waals surface area contributed by atoms with Gasteiger partial charge in [-0.25, -0.2) is 4.98 Å². The van der Waals surface area contributed by atoms with Crippen LogP contribution in [0.1, 0.15) is 33.6 Å². The van der Waals surface area contributed by atoms with Crippen LogP contribution in [0.15, 0.2) is 29.3 Å². The van der Waals surface area contributed by atoms with Gasteiger partial charge in [0, 0.05) is 18.2 Å². The zero-order chi connectivity index (χ0) is 20.3. The number of likely N-dealkylation sites (tertiary alicyclic amines) is 1. The van der Waals surface area contributed by atoms with Crippen LogP contribution in [0, 0.1) is 5.92 Å². The number of fused-ring (bicyclic) bond motifs is 1. The molecule has 1 aliphatic heterocycles. The van der Waals surface area contributed by atoms with Crippen molar-refractivity contribution in [2.24, 2.45) is 5.92 Å². The molecule has 1 aromatic heterocycles. The van der Waals surface area contributed by atoms with E-state index >= 15 is 0 Å². The lowest BCUT2D eigenvalue weighted by molar-refractivity contribution is -0.124. The highest BCUT2D eigenvalue weighted by Crippen LogP contribution is 2.20. The summed E-state index contributed by atoms with van der Waals surface area (Å²) in [6.07, 6.45) is 3.57. The number of methoxy groups -OCH3 is 1. The Labute approximate surface area is 165 Å². The van der Waals surface area contributed by atoms with Gasteiger partial charge in [0.15, 0.2) is 0 Å². The average molecular weight is 386 g/mol. The lowest BCUT2D eigenvalue weighted by Gasteiger charge is -2.32. The minimum absolute atomic E-state index is 0.0142. The summed E-state index contributed by atoms with van der Waals surface area (Å²) in [7, 11) is 1.60. The first-order valence-electron chi connectivity index (χ1n) is 9.82. The molecule has 7 nitrogen and oxygen atoms in total. The van der Waals surface area contributed by atoms with Gasteiger partial charge in [0.25, 0.3) is 5.56 Å². The van der Waals surface area contributed by atoms with Gasteiger partial charge in [-0.15, -0.1) is 0 Å². The Morgan fingerprint density at radius 2 is 2.00 bits per heavy atom. The molecule has 28 heavy (non-hydrogen) atoms. The molecular formula is C21H30N4O3. The van der Waals surface area contributed by atoms with Gasteiger partial charge in [-0.2, -0.15) is 0 Å². The maximum atomic E-state index is 12.8. The molecule has 152 valence electrons. The van der Waals surface area contributed by atoms with Gasteiger partial charge < -0.3 is 10.1 Å². The first-order valence-corrected chi connectivity index (χ1v) is 9.82. The van der Waals surface area contributed by atoms with E-state index in [1.807, 2.05) is 20.8 Å². The van der Waals surface area contributed by atoms with E-state index in [0.29, 0.717) is 35.7 Å². The topological polar surface area (TPSA) is 76.5 Å². The second-order valence-corrected chi connectivity index (χ2v) is 8.60. The Kier molecular flexibility index (Phi) is 6.03. The molecule has 1 saturated heterocycles. The van der Waals surface area contributed by atoms with Crippen LogP contribution in [0.5, 0.6) is 5.75 Å². The van der Waals surface area contributed by atoms with Crippen molar-refractivity contribution in [2.45, 2.75) is 45.7 Å². The number of benzene rings is 1. The summed E-state index contributed by atoms with van der Waals surface area (Å²) in [4.78, 5) is 31.5. The van der Waals surface area contributed by atoms with E-state index in [2.05, 4.69) is 15.2 Å². The maximum absolute atomic E-state index is 12.8. The van der Waals surface area contributed by atoms with Gasteiger partial charge in [0.1, 0.15) is 5.75 Å². The molecule has 0 saturated carbocycles.